The van der Waals surface area contributed by atoms with Gasteiger partial charge in [-0.2, -0.15) is 0 Å². The maximum Gasteiger partial charge on any atom is 0.223 e. The van der Waals surface area contributed by atoms with Crippen molar-refractivity contribution in [2.45, 2.75) is 44.6 Å². The third-order valence-electron chi connectivity index (χ3n) is 3.91. The lowest BCUT2D eigenvalue weighted by Gasteiger charge is -2.27. The molecular weight excluding hydrogens is 252 g/mol. The Labute approximate surface area is 115 Å². The lowest BCUT2D eigenvalue weighted by molar-refractivity contribution is -0.126. The second-order valence-electron chi connectivity index (χ2n) is 5.45. The lowest BCUT2D eigenvalue weighted by atomic mass is 9.85. The van der Waals surface area contributed by atoms with Gasteiger partial charge in [-0.25, -0.2) is 0 Å². The Morgan fingerprint density at radius 3 is 2.78 bits per heavy atom. The first-order valence-electron chi connectivity index (χ1n) is 6.86. The molecule has 0 aromatic carbocycles. The number of nitrogens with one attached hydrogen (secondary N) is 1. The molecule has 1 amide bonds. The van der Waals surface area contributed by atoms with Gasteiger partial charge in [0.1, 0.15) is 0 Å². The molecule has 3 unspecified atom stereocenters. The van der Waals surface area contributed by atoms with Crippen LogP contribution in [0.2, 0.25) is 0 Å². The van der Waals surface area contributed by atoms with Crippen molar-refractivity contribution in [1.29, 1.82) is 0 Å². The quantitative estimate of drug-likeness (QED) is 0.820. The number of carbonyl (C=O) groups is 1. The number of hydrogen-bond acceptors (Lipinski definition) is 3. The first kappa shape index (κ1) is 15.7. The molecule has 4 nitrogen and oxygen atoms in total. The van der Waals surface area contributed by atoms with Crippen LogP contribution in [-0.2, 0) is 9.53 Å². The highest BCUT2D eigenvalue weighted by Crippen LogP contribution is 2.23. The summed E-state index contributed by atoms with van der Waals surface area (Å²) < 4.78 is 5.41. The van der Waals surface area contributed by atoms with Crippen molar-refractivity contribution in [3.05, 3.63) is 0 Å². The third-order valence-corrected chi connectivity index (χ3v) is 3.91. The minimum Gasteiger partial charge on any atom is -0.381 e. The molecule has 1 saturated carbocycles. The van der Waals surface area contributed by atoms with E-state index < -0.39 is 0 Å². The van der Waals surface area contributed by atoms with E-state index in [0.717, 1.165) is 51.9 Å². The average molecular weight is 277 g/mol. The summed E-state index contributed by atoms with van der Waals surface area (Å²) in [5.74, 6) is 0.846. The first-order chi connectivity index (χ1) is 8.25. The minimum atomic E-state index is 0. The van der Waals surface area contributed by atoms with Crippen LogP contribution in [0.5, 0.6) is 0 Å². The van der Waals surface area contributed by atoms with Crippen LogP contribution in [0.1, 0.15) is 38.5 Å². The van der Waals surface area contributed by atoms with E-state index in [1.165, 1.54) is 6.42 Å². The van der Waals surface area contributed by atoms with Gasteiger partial charge in [-0.05, 0) is 38.0 Å². The summed E-state index contributed by atoms with van der Waals surface area (Å²) in [6.07, 6.45) is 6.30. The van der Waals surface area contributed by atoms with Crippen molar-refractivity contribution >= 4 is 18.3 Å². The summed E-state index contributed by atoms with van der Waals surface area (Å²) in [7, 11) is 0. The second-order valence-corrected chi connectivity index (χ2v) is 5.45. The molecule has 18 heavy (non-hydrogen) atoms. The van der Waals surface area contributed by atoms with Crippen molar-refractivity contribution in [1.82, 2.24) is 5.32 Å². The van der Waals surface area contributed by atoms with Crippen LogP contribution in [-0.4, -0.2) is 31.7 Å². The van der Waals surface area contributed by atoms with Gasteiger partial charge in [0.05, 0.1) is 6.61 Å². The number of halogens is 1. The van der Waals surface area contributed by atoms with E-state index >= 15 is 0 Å². The second kappa shape index (κ2) is 7.97. The number of hydrogen-bond donors (Lipinski definition) is 2. The van der Waals surface area contributed by atoms with Gasteiger partial charge in [-0.1, -0.05) is 6.42 Å². The molecule has 1 saturated heterocycles. The normalized spacial score (nSPS) is 32.4. The first-order valence-corrected chi connectivity index (χ1v) is 6.86. The summed E-state index contributed by atoms with van der Waals surface area (Å²) >= 11 is 0. The molecular formula is C13H25ClN2O2. The highest BCUT2D eigenvalue weighted by Gasteiger charge is 2.25. The van der Waals surface area contributed by atoms with Crippen LogP contribution >= 0.6 is 12.4 Å². The van der Waals surface area contributed by atoms with Gasteiger partial charge in [0.15, 0.2) is 0 Å². The van der Waals surface area contributed by atoms with E-state index in [9.17, 15) is 4.79 Å². The fraction of sp³-hybridized carbons (Fsp3) is 0.923. The van der Waals surface area contributed by atoms with E-state index in [2.05, 4.69) is 5.32 Å². The molecule has 106 valence electrons. The maximum absolute atomic E-state index is 12.0. The molecule has 0 aromatic rings. The Kier molecular flexibility index (Phi) is 6.97. The van der Waals surface area contributed by atoms with E-state index in [4.69, 9.17) is 10.5 Å². The van der Waals surface area contributed by atoms with Crippen LogP contribution in [0.25, 0.3) is 0 Å². The van der Waals surface area contributed by atoms with Crippen molar-refractivity contribution in [3.63, 3.8) is 0 Å². The number of ether oxygens (including phenoxy) is 1. The molecule has 1 aliphatic carbocycles. The molecule has 0 aromatic heterocycles. The smallest absolute Gasteiger partial charge is 0.223 e. The molecule has 5 heteroatoms. The Bertz CT molecular complexity index is 257. The van der Waals surface area contributed by atoms with Gasteiger partial charge < -0.3 is 15.8 Å². The molecule has 0 spiro atoms. The predicted octanol–water partition coefficient (Wildman–Crippen LogP) is 1.47. The highest BCUT2D eigenvalue weighted by molar-refractivity contribution is 5.85. The summed E-state index contributed by atoms with van der Waals surface area (Å²) in [5, 5.41) is 3.07. The average Bonchev–Trinajstić information content (AvgIpc) is 2.37. The van der Waals surface area contributed by atoms with Crippen LogP contribution < -0.4 is 11.1 Å². The summed E-state index contributed by atoms with van der Waals surface area (Å²) in [5.41, 5.74) is 5.90. The Morgan fingerprint density at radius 2 is 2.11 bits per heavy atom. The van der Waals surface area contributed by atoms with E-state index in [-0.39, 0.29) is 30.3 Å². The van der Waals surface area contributed by atoms with Crippen LogP contribution in [0.3, 0.4) is 0 Å². The highest BCUT2D eigenvalue weighted by atomic mass is 35.5. The van der Waals surface area contributed by atoms with E-state index in [1.54, 1.807) is 0 Å². The van der Waals surface area contributed by atoms with Gasteiger partial charge in [0.2, 0.25) is 5.91 Å². The predicted molar refractivity (Wildman–Crippen MR) is 73.7 cm³/mol. The van der Waals surface area contributed by atoms with Crippen molar-refractivity contribution in [3.8, 4) is 0 Å². The lowest BCUT2D eigenvalue weighted by Crippen LogP contribution is -2.40. The standard InChI is InChI=1S/C13H24N2O2.ClH/c14-12-5-1-4-11(7-12)13(16)15-8-10-3-2-6-17-9-10;/h10-12H,1-9,14H2,(H,15,16);1H. The van der Waals surface area contributed by atoms with E-state index in [0.29, 0.717) is 5.92 Å². The van der Waals surface area contributed by atoms with Gasteiger partial charge in [0, 0.05) is 25.1 Å². The van der Waals surface area contributed by atoms with Gasteiger partial charge in [-0.3, -0.25) is 4.79 Å². The molecule has 2 rings (SSSR count). The monoisotopic (exact) mass is 276 g/mol. The Morgan fingerprint density at radius 1 is 1.28 bits per heavy atom. The molecule has 0 radical (unpaired) electrons. The van der Waals surface area contributed by atoms with Gasteiger partial charge >= 0.3 is 0 Å². The topological polar surface area (TPSA) is 64.4 Å². The van der Waals surface area contributed by atoms with Crippen molar-refractivity contribution in [2.75, 3.05) is 19.8 Å². The molecule has 3 atom stereocenters. The maximum atomic E-state index is 12.0. The summed E-state index contributed by atoms with van der Waals surface area (Å²) in [4.78, 5) is 12.0. The van der Waals surface area contributed by atoms with Gasteiger partial charge in [-0.15, -0.1) is 12.4 Å². The zero-order valence-corrected chi connectivity index (χ0v) is 11.7. The van der Waals surface area contributed by atoms with Crippen molar-refractivity contribution in [2.24, 2.45) is 17.6 Å². The molecule has 1 aliphatic heterocycles. The largest absolute Gasteiger partial charge is 0.381 e. The Hall–Kier alpha value is -0.320. The number of rotatable bonds is 3. The summed E-state index contributed by atoms with van der Waals surface area (Å²) in [6, 6.07) is 0.220. The van der Waals surface area contributed by atoms with Crippen molar-refractivity contribution < 1.29 is 9.53 Å². The number of carbonyl (C=O) groups excluding carboxylic acids is 1. The fourth-order valence-electron chi connectivity index (χ4n) is 2.82. The Balaban J connectivity index is 0.00000162. The van der Waals surface area contributed by atoms with Crippen LogP contribution in [0.4, 0.5) is 0 Å². The summed E-state index contributed by atoms with van der Waals surface area (Å²) in [6.45, 7) is 2.44. The molecule has 3 N–H and O–H groups in total. The van der Waals surface area contributed by atoms with E-state index in [1.807, 2.05) is 0 Å². The molecule has 0 bridgehead atoms. The fourth-order valence-corrected chi connectivity index (χ4v) is 2.82. The molecule has 2 aliphatic rings. The van der Waals surface area contributed by atoms with Crippen LogP contribution in [0, 0.1) is 11.8 Å². The zero-order chi connectivity index (χ0) is 12.1. The minimum absolute atomic E-state index is 0. The number of amides is 1. The molecule has 2 fully saturated rings. The number of nitrogens with two attached hydrogens (primary N) is 1. The zero-order valence-electron chi connectivity index (χ0n) is 10.9. The van der Waals surface area contributed by atoms with Gasteiger partial charge in [0.25, 0.3) is 0 Å². The molecule has 1 heterocycles. The SMILES string of the molecule is Cl.NC1CCCC(C(=O)NCC2CCCOC2)C1. The third kappa shape index (κ3) is 4.75. The van der Waals surface area contributed by atoms with Crippen LogP contribution in [0.15, 0.2) is 0 Å².